The first-order valence-electron chi connectivity index (χ1n) is 6.81. The Morgan fingerprint density at radius 2 is 2.00 bits per heavy atom. The van der Waals surface area contributed by atoms with Crippen molar-refractivity contribution in [2.45, 2.75) is 24.9 Å². The van der Waals surface area contributed by atoms with Crippen molar-refractivity contribution in [2.24, 2.45) is 0 Å². The number of rotatable bonds is 5. The largest absolute Gasteiger partial charge is 0.497 e. The van der Waals surface area contributed by atoms with Crippen molar-refractivity contribution in [3.63, 3.8) is 0 Å². The number of aliphatic hydroxyl groups is 1. The second kappa shape index (κ2) is 6.72. The van der Waals surface area contributed by atoms with E-state index in [1.54, 1.807) is 7.11 Å². The van der Waals surface area contributed by atoms with Gasteiger partial charge in [0.2, 0.25) is 5.91 Å². The molecule has 1 aliphatic rings. The monoisotopic (exact) mass is 279 g/mol. The fourth-order valence-electron chi connectivity index (χ4n) is 2.18. The topological polar surface area (TPSA) is 67.8 Å². The van der Waals surface area contributed by atoms with E-state index in [4.69, 9.17) is 9.47 Å². The summed E-state index contributed by atoms with van der Waals surface area (Å²) in [6, 6.07) is 7.38. The number of hydrogen-bond acceptors (Lipinski definition) is 4. The molecule has 5 nitrogen and oxygen atoms in total. The molecule has 0 radical (unpaired) electrons. The van der Waals surface area contributed by atoms with Crippen molar-refractivity contribution < 1.29 is 19.4 Å². The molecule has 1 heterocycles. The molecule has 1 aromatic carbocycles. The van der Waals surface area contributed by atoms with E-state index in [1.807, 2.05) is 24.3 Å². The van der Waals surface area contributed by atoms with Gasteiger partial charge in [-0.15, -0.1) is 0 Å². The highest BCUT2D eigenvalue weighted by molar-refractivity contribution is 5.78. The van der Waals surface area contributed by atoms with Gasteiger partial charge in [0.25, 0.3) is 0 Å². The van der Waals surface area contributed by atoms with Crippen molar-refractivity contribution in [3.8, 4) is 5.75 Å². The van der Waals surface area contributed by atoms with E-state index >= 15 is 0 Å². The van der Waals surface area contributed by atoms with Crippen LogP contribution in [0.15, 0.2) is 24.3 Å². The summed E-state index contributed by atoms with van der Waals surface area (Å²) in [5.74, 6) is 0.681. The maximum Gasteiger partial charge on any atom is 0.224 e. The number of carbonyl (C=O) groups is 1. The van der Waals surface area contributed by atoms with E-state index in [2.05, 4.69) is 5.32 Å². The molecule has 1 aliphatic heterocycles. The lowest BCUT2D eigenvalue weighted by Crippen LogP contribution is -2.46. The van der Waals surface area contributed by atoms with E-state index in [0.717, 1.165) is 11.3 Å². The summed E-state index contributed by atoms with van der Waals surface area (Å²) in [5.41, 5.74) is 0.0932. The van der Waals surface area contributed by atoms with E-state index in [9.17, 15) is 9.90 Å². The summed E-state index contributed by atoms with van der Waals surface area (Å²) in [5, 5.41) is 13.0. The van der Waals surface area contributed by atoms with Gasteiger partial charge in [-0.25, -0.2) is 0 Å². The van der Waals surface area contributed by atoms with E-state index in [1.165, 1.54) is 0 Å². The fraction of sp³-hybridized carbons (Fsp3) is 0.533. The molecule has 1 amide bonds. The highest BCUT2D eigenvalue weighted by Gasteiger charge is 2.29. The van der Waals surface area contributed by atoms with Crippen LogP contribution in [0.4, 0.5) is 0 Å². The highest BCUT2D eigenvalue weighted by atomic mass is 16.5. The summed E-state index contributed by atoms with van der Waals surface area (Å²) in [6.45, 7) is 1.38. The second-order valence-corrected chi connectivity index (χ2v) is 5.14. The zero-order valence-electron chi connectivity index (χ0n) is 11.7. The second-order valence-electron chi connectivity index (χ2n) is 5.14. The Bertz CT molecular complexity index is 438. The number of hydrogen-bond donors (Lipinski definition) is 2. The van der Waals surface area contributed by atoms with E-state index < -0.39 is 5.60 Å². The first-order chi connectivity index (χ1) is 9.61. The minimum atomic E-state index is -0.826. The average Bonchev–Trinajstić information content (AvgIpc) is 2.47. The molecule has 0 aromatic heterocycles. The Morgan fingerprint density at radius 3 is 2.60 bits per heavy atom. The molecule has 20 heavy (non-hydrogen) atoms. The van der Waals surface area contributed by atoms with Crippen LogP contribution in [-0.2, 0) is 16.0 Å². The lowest BCUT2D eigenvalue weighted by Gasteiger charge is -2.32. The summed E-state index contributed by atoms with van der Waals surface area (Å²) in [7, 11) is 1.61. The van der Waals surface area contributed by atoms with Crippen molar-refractivity contribution in [1.82, 2.24) is 5.32 Å². The van der Waals surface area contributed by atoms with Gasteiger partial charge in [0, 0.05) is 32.6 Å². The molecule has 0 spiro atoms. The molecule has 0 saturated carbocycles. The van der Waals surface area contributed by atoms with Crippen LogP contribution < -0.4 is 10.1 Å². The van der Waals surface area contributed by atoms with Crippen LogP contribution in [0.2, 0.25) is 0 Å². The van der Waals surface area contributed by atoms with Gasteiger partial charge >= 0.3 is 0 Å². The van der Waals surface area contributed by atoms with Gasteiger partial charge in [0.05, 0.1) is 19.1 Å². The lowest BCUT2D eigenvalue weighted by molar-refractivity contribution is -0.123. The van der Waals surface area contributed by atoms with E-state index in [0.29, 0.717) is 32.5 Å². The SMILES string of the molecule is COc1ccc(CC(=O)NCC2(O)CCOCC2)cc1. The van der Waals surface area contributed by atoms with Gasteiger partial charge in [0.15, 0.2) is 0 Å². The number of carbonyl (C=O) groups excluding carboxylic acids is 1. The van der Waals surface area contributed by atoms with Crippen LogP contribution in [0.5, 0.6) is 5.75 Å². The van der Waals surface area contributed by atoms with Gasteiger partial charge in [-0.1, -0.05) is 12.1 Å². The summed E-state index contributed by atoms with van der Waals surface area (Å²) >= 11 is 0. The Morgan fingerprint density at radius 1 is 1.35 bits per heavy atom. The zero-order valence-corrected chi connectivity index (χ0v) is 11.7. The van der Waals surface area contributed by atoms with E-state index in [-0.39, 0.29) is 12.5 Å². The van der Waals surface area contributed by atoms with Gasteiger partial charge in [0.1, 0.15) is 5.75 Å². The zero-order chi connectivity index (χ0) is 14.4. The predicted molar refractivity (Wildman–Crippen MR) is 74.7 cm³/mol. The minimum absolute atomic E-state index is 0.0879. The van der Waals surface area contributed by atoms with Crippen molar-refractivity contribution in [3.05, 3.63) is 29.8 Å². The average molecular weight is 279 g/mol. The molecule has 0 unspecified atom stereocenters. The molecular weight excluding hydrogens is 258 g/mol. The van der Waals surface area contributed by atoms with Crippen LogP contribution in [0.3, 0.4) is 0 Å². The molecule has 1 fully saturated rings. The summed E-state index contributed by atoms with van der Waals surface area (Å²) in [4.78, 5) is 11.9. The van der Waals surface area contributed by atoms with Gasteiger partial charge in [-0.2, -0.15) is 0 Å². The molecule has 1 saturated heterocycles. The number of benzene rings is 1. The van der Waals surface area contributed by atoms with Crippen LogP contribution in [0, 0.1) is 0 Å². The van der Waals surface area contributed by atoms with Crippen LogP contribution >= 0.6 is 0 Å². The van der Waals surface area contributed by atoms with Crippen molar-refractivity contribution in [2.75, 3.05) is 26.9 Å². The highest BCUT2D eigenvalue weighted by Crippen LogP contribution is 2.19. The number of nitrogens with one attached hydrogen (secondary N) is 1. The molecule has 0 aliphatic carbocycles. The standard InChI is InChI=1S/C15H21NO4/c1-19-13-4-2-12(3-5-13)10-14(17)16-11-15(18)6-8-20-9-7-15/h2-5,18H,6-11H2,1H3,(H,16,17). The van der Waals surface area contributed by atoms with Crippen molar-refractivity contribution >= 4 is 5.91 Å². The molecule has 2 N–H and O–H groups in total. The number of ether oxygens (including phenoxy) is 2. The Balaban J connectivity index is 1.79. The first kappa shape index (κ1) is 14.8. The lowest BCUT2D eigenvalue weighted by atomic mass is 9.94. The maximum absolute atomic E-state index is 11.9. The predicted octanol–water partition coefficient (Wildman–Crippen LogP) is 0.895. The Kier molecular flexibility index (Phi) is 4.98. The van der Waals surface area contributed by atoms with Gasteiger partial charge in [-0.3, -0.25) is 4.79 Å². The minimum Gasteiger partial charge on any atom is -0.497 e. The molecule has 1 aromatic rings. The quantitative estimate of drug-likeness (QED) is 0.840. The maximum atomic E-state index is 11.9. The fourth-order valence-corrected chi connectivity index (χ4v) is 2.18. The number of methoxy groups -OCH3 is 1. The molecular formula is C15H21NO4. The van der Waals surface area contributed by atoms with Crippen LogP contribution in [0.25, 0.3) is 0 Å². The molecule has 110 valence electrons. The molecule has 0 bridgehead atoms. The van der Waals surface area contributed by atoms with Crippen LogP contribution in [0.1, 0.15) is 18.4 Å². The normalized spacial score (nSPS) is 17.5. The van der Waals surface area contributed by atoms with Gasteiger partial charge < -0.3 is 19.9 Å². The third kappa shape index (κ3) is 4.21. The summed E-state index contributed by atoms with van der Waals surface area (Å²) in [6.07, 6.45) is 1.43. The van der Waals surface area contributed by atoms with Crippen molar-refractivity contribution in [1.29, 1.82) is 0 Å². The third-order valence-electron chi connectivity index (χ3n) is 3.56. The van der Waals surface area contributed by atoms with Gasteiger partial charge in [-0.05, 0) is 17.7 Å². The smallest absolute Gasteiger partial charge is 0.224 e. The van der Waals surface area contributed by atoms with Crippen LogP contribution in [-0.4, -0.2) is 43.5 Å². The summed E-state index contributed by atoms with van der Waals surface area (Å²) < 4.78 is 10.3. The first-order valence-corrected chi connectivity index (χ1v) is 6.81. The Hall–Kier alpha value is -1.59. The molecule has 0 atom stereocenters. The Labute approximate surface area is 118 Å². The number of amides is 1. The molecule has 5 heteroatoms. The third-order valence-corrected chi connectivity index (χ3v) is 3.56. The molecule has 2 rings (SSSR count).